The number of rotatable bonds is 2. The fourth-order valence-corrected chi connectivity index (χ4v) is 3.63. The van der Waals surface area contributed by atoms with Crippen molar-refractivity contribution in [3.05, 3.63) is 69.3 Å². The second-order valence-corrected chi connectivity index (χ2v) is 10.8. The second kappa shape index (κ2) is 7.54. The lowest BCUT2D eigenvalue weighted by Crippen LogP contribution is -2.50. The van der Waals surface area contributed by atoms with Gasteiger partial charge in [0.25, 0.3) is 0 Å². The molecule has 0 aromatic carbocycles. The molecule has 2 aromatic rings. The summed E-state index contributed by atoms with van der Waals surface area (Å²) >= 11 is 0. The number of hydrogen-bond acceptors (Lipinski definition) is 7. The Morgan fingerprint density at radius 3 is 1.79 bits per heavy atom. The summed E-state index contributed by atoms with van der Waals surface area (Å²) in [6.45, 7) is 15.2. The van der Waals surface area contributed by atoms with Crippen LogP contribution in [0.5, 0.6) is 0 Å². The van der Waals surface area contributed by atoms with Crippen LogP contribution in [0.3, 0.4) is 0 Å². The first-order valence-corrected chi connectivity index (χ1v) is 11.3. The maximum atomic E-state index is 12.9. The predicted molar refractivity (Wildman–Crippen MR) is 133 cm³/mol. The Balaban J connectivity index is 1.63. The van der Waals surface area contributed by atoms with Crippen molar-refractivity contribution in [3.63, 3.8) is 0 Å². The molecular formula is C26H30N6O2. The predicted octanol–water partition coefficient (Wildman–Crippen LogP) is 4.09. The summed E-state index contributed by atoms with van der Waals surface area (Å²) in [6, 6.07) is 10.7. The normalized spacial score (nSPS) is 21.6. The molecule has 34 heavy (non-hydrogen) atoms. The van der Waals surface area contributed by atoms with Gasteiger partial charge >= 0.3 is 5.84 Å². The minimum absolute atomic E-state index is 0.304. The molecule has 0 fully saturated rings. The molecular weight excluding hydrogens is 428 g/mol. The van der Waals surface area contributed by atoms with E-state index < -0.39 is 22.2 Å². The number of nitroso groups, excluding NO2 is 1. The molecule has 8 heteroatoms. The summed E-state index contributed by atoms with van der Waals surface area (Å²) in [5.41, 5.74) is -0.500. The summed E-state index contributed by atoms with van der Waals surface area (Å²) in [4.78, 5) is 31.2. The van der Waals surface area contributed by atoms with E-state index >= 15 is 0 Å². The van der Waals surface area contributed by atoms with E-state index in [9.17, 15) is 10.1 Å². The third-order valence-corrected chi connectivity index (χ3v) is 7.44. The third-order valence-electron chi connectivity index (χ3n) is 7.44. The first kappa shape index (κ1) is 23.7. The van der Waals surface area contributed by atoms with Gasteiger partial charge < -0.3 is 10.3 Å². The zero-order valence-corrected chi connectivity index (χ0v) is 21.0. The molecule has 0 saturated carbocycles. The van der Waals surface area contributed by atoms with Crippen LogP contribution < -0.4 is 0 Å². The number of aliphatic imine (C=N–C) groups is 2. The molecule has 0 amide bonds. The molecule has 2 aromatic heterocycles. The maximum absolute atomic E-state index is 12.9. The van der Waals surface area contributed by atoms with Gasteiger partial charge in [0, 0.05) is 5.54 Å². The second-order valence-electron chi connectivity index (χ2n) is 10.8. The highest BCUT2D eigenvalue weighted by Gasteiger charge is 2.59. The lowest BCUT2D eigenvalue weighted by molar-refractivity contribution is -0.514. The molecule has 0 bridgehead atoms. The third kappa shape index (κ3) is 3.61. The summed E-state index contributed by atoms with van der Waals surface area (Å²) in [5, 5.41) is 13.8. The van der Waals surface area contributed by atoms with Crippen molar-refractivity contribution in [2.45, 2.75) is 77.5 Å². The van der Waals surface area contributed by atoms with Crippen molar-refractivity contribution in [1.29, 1.82) is 0 Å². The minimum atomic E-state index is -0.683. The molecule has 0 spiro atoms. The minimum Gasteiger partial charge on any atom is -0.757 e. The SMILES string of the molecule is CC1(C)N=C(c2cccc(C#Cc3cccc(C4=NC(C)(C)C(C)(C)[N+]4=O)n3)n2)N([O-])C1(C)C. The summed E-state index contributed by atoms with van der Waals surface area (Å²) < 4.78 is 0.928. The van der Waals surface area contributed by atoms with Gasteiger partial charge in [-0.25, -0.2) is 9.97 Å². The largest absolute Gasteiger partial charge is 0.757 e. The fraction of sp³-hybridized carbons (Fsp3) is 0.462. The smallest absolute Gasteiger partial charge is 0.383 e. The maximum Gasteiger partial charge on any atom is 0.383 e. The van der Waals surface area contributed by atoms with E-state index in [1.165, 1.54) is 0 Å². The number of pyridine rings is 2. The van der Waals surface area contributed by atoms with Crippen molar-refractivity contribution in [2.24, 2.45) is 9.98 Å². The fourth-order valence-electron chi connectivity index (χ4n) is 3.63. The van der Waals surface area contributed by atoms with E-state index in [0.29, 0.717) is 34.4 Å². The van der Waals surface area contributed by atoms with Crippen LogP contribution in [0, 0.1) is 22.0 Å². The summed E-state index contributed by atoms with van der Waals surface area (Å²) in [7, 11) is 0. The first-order valence-electron chi connectivity index (χ1n) is 11.3. The van der Waals surface area contributed by atoms with E-state index in [0.717, 1.165) is 9.82 Å². The summed E-state index contributed by atoms with van der Waals surface area (Å²) in [6.07, 6.45) is 0. The molecule has 8 nitrogen and oxygen atoms in total. The Morgan fingerprint density at radius 1 is 0.794 bits per heavy atom. The van der Waals surface area contributed by atoms with Crippen LogP contribution in [0.4, 0.5) is 0 Å². The van der Waals surface area contributed by atoms with Crippen molar-refractivity contribution >= 4 is 11.7 Å². The average Bonchev–Trinajstić information content (AvgIpc) is 3.05. The molecule has 0 N–H and O–H groups in total. The van der Waals surface area contributed by atoms with Crippen LogP contribution >= 0.6 is 0 Å². The highest BCUT2D eigenvalue weighted by molar-refractivity contribution is 6.00. The molecule has 0 saturated heterocycles. The zero-order valence-electron chi connectivity index (χ0n) is 21.0. The number of nitrogens with zero attached hydrogens (tertiary/aromatic N) is 6. The van der Waals surface area contributed by atoms with Crippen LogP contribution in [0.15, 0.2) is 46.4 Å². The van der Waals surface area contributed by atoms with Gasteiger partial charge in [-0.1, -0.05) is 22.0 Å². The zero-order chi connectivity index (χ0) is 25.1. The van der Waals surface area contributed by atoms with Crippen molar-refractivity contribution in [2.75, 3.05) is 0 Å². The van der Waals surface area contributed by atoms with E-state index in [2.05, 4.69) is 31.8 Å². The molecule has 2 aliphatic heterocycles. The van der Waals surface area contributed by atoms with Gasteiger partial charge in [0.2, 0.25) is 0 Å². The van der Waals surface area contributed by atoms with Crippen LogP contribution in [0.1, 0.15) is 78.2 Å². The van der Waals surface area contributed by atoms with Crippen molar-refractivity contribution < 1.29 is 4.76 Å². The molecule has 0 radical (unpaired) electrons. The summed E-state index contributed by atoms with van der Waals surface area (Å²) in [5.74, 6) is 6.63. The molecule has 2 aliphatic rings. The van der Waals surface area contributed by atoms with Crippen molar-refractivity contribution in [1.82, 2.24) is 15.0 Å². The van der Waals surface area contributed by atoms with E-state index in [1.807, 2.05) is 55.4 Å². The van der Waals surface area contributed by atoms with Crippen LogP contribution in [0.2, 0.25) is 0 Å². The standard InChI is InChI=1S/C26H30N6O2/c1-23(2)25(5,6)31(33)21(29-23)19-13-9-11-17(27-19)15-16-18-12-10-14-20(28-18)22-30-24(3,4)26(7,8)32(22)34/h9-14H,1-8H3. The average molecular weight is 459 g/mol. The number of hydrogen-bond donors (Lipinski definition) is 0. The van der Waals surface area contributed by atoms with Gasteiger partial charge in [-0.2, -0.15) is 0 Å². The number of amidine groups is 2. The molecule has 0 atom stereocenters. The van der Waals surface area contributed by atoms with Crippen LogP contribution in [-0.4, -0.2) is 53.6 Å². The van der Waals surface area contributed by atoms with Gasteiger partial charge in [-0.3, -0.25) is 4.99 Å². The van der Waals surface area contributed by atoms with Crippen molar-refractivity contribution in [3.8, 4) is 11.8 Å². The van der Waals surface area contributed by atoms with Gasteiger partial charge in [0.1, 0.15) is 22.9 Å². The number of aromatic nitrogens is 2. The van der Waals surface area contributed by atoms with Gasteiger partial charge in [0.15, 0.2) is 16.8 Å². The van der Waals surface area contributed by atoms with E-state index in [-0.39, 0.29) is 0 Å². The van der Waals surface area contributed by atoms with Gasteiger partial charge in [0.05, 0.1) is 5.54 Å². The number of hydroxylamine groups is 2. The monoisotopic (exact) mass is 458 g/mol. The topological polar surface area (TPSA) is 96.9 Å². The molecule has 4 rings (SSSR count). The lowest BCUT2D eigenvalue weighted by atomic mass is 9.84. The van der Waals surface area contributed by atoms with Crippen LogP contribution in [-0.2, 0) is 0 Å². The molecule has 0 unspecified atom stereocenters. The Morgan fingerprint density at radius 2 is 1.32 bits per heavy atom. The Kier molecular flexibility index (Phi) is 5.26. The van der Waals surface area contributed by atoms with E-state index in [1.54, 1.807) is 36.4 Å². The Hall–Kier alpha value is -3.44. The first-order chi connectivity index (χ1) is 15.7. The molecule has 4 heterocycles. The Labute approximate surface area is 200 Å². The van der Waals surface area contributed by atoms with E-state index in [4.69, 9.17) is 0 Å². The quantitative estimate of drug-likeness (QED) is 0.499. The highest BCUT2D eigenvalue weighted by atomic mass is 16.5. The van der Waals surface area contributed by atoms with Gasteiger partial charge in [-0.05, 0) is 96.3 Å². The Bertz CT molecular complexity index is 1310. The highest BCUT2D eigenvalue weighted by Crippen LogP contribution is 2.38. The molecule has 0 aliphatic carbocycles. The van der Waals surface area contributed by atoms with Crippen LogP contribution in [0.25, 0.3) is 0 Å². The molecule has 176 valence electrons. The lowest BCUT2D eigenvalue weighted by Gasteiger charge is -2.45. The van der Waals surface area contributed by atoms with Gasteiger partial charge in [-0.15, -0.1) is 0 Å².